The topological polar surface area (TPSA) is 27.7 Å². The monoisotopic (exact) mass is 366 g/mol. The first-order valence-corrected chi connectivity index (χ1v) is 8.30. The highest BCUT2D eigenvalue weighted by Crippen LogP contribution is 2.41. The molecule has 0 amide bonds. The van der Waals surface area contributed by atoms with Crippen LogP contribution in [0.15, 0.2) is 23.9 Å². The van der Waals surface area contributed by atoms with E-state index in [0.717, 1.165) is 18.2 Å². The van der Waals surface area contributed by atoms with Crippen LogP contribution in [0.25, 0.3) is 5.57 Å². The minimum atomic E-state index is -1.31. The van der Waals surface area contributed by atoms with Crippen molar-refractivity contribution in [3.05, 3.63) is 41.1 Å². The first kappa shape index (κ1) is 20.6. The summed E-state index contributed by atoms with van der Waals surface area (Å²) in [5.74, 6) is 0.871. The SMILES string of the molecule is C#CCOCCC(=C(F)B1OC(C)(C)C(C)(C)O1)c1cc(F)ccc1F. The summed E-state index contributed by atoms with van der Waals surface area (Å²) in [5.41, 5.74) is -2.60. The molecule has 0 bridgehead atoms. The lowest BCUT2D eigenvalue weighted by atomic mass is 9.81. The van der Waals surface area contributed by atoms with Crippen molar-refractivity contribution in [2.24, 2.45) is 0 Å². The number of hydrogen-bond acceptors (Lipinski definition) is 3. The Morgan fingerprint density at radius 2 is 1.81 bits per heavy atom. The Balaban J connectivity index is 2.40. The van der Waals surface area contributed by atoms with Crippen molar-refractivity contribution in [2.45, 2.75) is 45.3 Å². The first-order chi connectivity index (χ1) is 12.1. The van der Waals surface area contributed by atoms with E-state index >= 15 is 4.39 Å². The number of halogens is 3. The summed E-state index contributed by atoms with van der Waals surface area (Å²) in [4.78, 5) is 0. The molecule has 0 aromatic heterocycles. The molecule has 0 saturated carbocycles. The Kier molecular flexibility index (Phi) is 6.23. The van der Waals surface area contributed by atoms with Gasteiger partial charge in [0.15, 0.2) is 0 Å². The van der Waals surface area contributed by atoms with E-state index in [1.807, 2.05) is 0 Å². The lowest BCUT2D eigenvalue weighted by molar-refractivity contribution is 0.00578. The number of ether oxygens (including phenoxy) is 1. The van der Waals surface area contributed by atoms with Crippen LogP contribution in [-0.2, 0) is 14.0 Å². The molecule has 140 valence electrons. The first-order valence-electron chi connectivity index (χ1n) is 8.30. The number of terminal acetylenes is 1. The highest BCUT2D eigenvalue weighted by Gasteiger charge is 2.53. The predicted octanol–water partition coefficient (Wildman–Crippen LogP) is 4.32. The van der Waals surface area contributed by atoms with Crippen molar-refractivity contribution in [1.82, 2.24) is 0 Å². The minimum Gasteiger partial charge on any atom is -0.398 e. The molecule has 1 aromatic rings. The second kappa shape index (κ2) is 7.87. The van der Waals surface area contributed by atoms with Gasteiger partial charge in [-0.15, -0.1) is 6.42 Å². The summed E-state index contributed by atoms with van der Waals surface area (Å²) in [6, 6.07) is 2.86. The van der Waals surface area contributed by atoms with Crippen LogP contribution in [0.5, 0.6) is 0 Å². The van der Waals surface area contributed by atoms with Crippen LogP contribution >= 0.6 is 0 Å². The normalized spacial score (nSPS) is 19.2. The fourth-order valence-corrected chi connectivity index (χ4v) is 2.51. The molecule has 3 nitrogen and oxygen atoms in total. The third-order valence-corrected chi connectivity index (χ3v) is 4.68. The Hall–Kier alpha value is -1.75. The van der Waals surface area contributed by atoms with Gasteiger partial charge in [0.25, 0.3) is 0 Å². The molecule has 1 aromatic carbocycles. The second-order valence-electron chi connectivity index (χ2n) is 7.05. The molecule has 1 aliphatic rings. The Labute approximate surface area is 152 Å². The third kappa shape index (κ3) is 4.32. The molecule has 1 heterocycles. The fourth-order valence-electron chi connectivity index (χ4n) is 2.51. The van der Waals surface area contributed by atoms with Gasteiger partial charge in [-0.3, -0.25) is 0 Å². The summed E-state index contributed by atoms with van der Waals surface area (Å²) in [6.07, 6.45) is 5.09. The van der Waals surface area contributed by atoms with Gasteiger partial charge in [0, 0.05) is 5.56 Å². The molecule has 0 spiro atoms. The van der Waals surface area contributed by atoms with Gasteiger partial charge in [-0.2, -0.15) is 0 Å². The molecular weight excluding hydrogens is 344 g/mol. The van der Waals surface area contributed by atoms with Crippen molar-refractivity contribution in [3.8, 4) is 12.3 Å². The molecule has 0 N–H and O–H groups in total. The molecule has 0 atom stereocenters. The van der Waals surface area contributed by atoms with Crippen molar-refractivity contribution < 1.29 is 27.2 Å². The summed E-state index contributed by atoms with van der Waals surface area (Å²) in [5, 5.41) is 0. The predicted molar refractivity (Wildman–Crippen MR) is 94.7 cm³/mol. The molecular formula is C19H22BF3O3. The van der Waals surface area contributed by atoms with Gasteiger partial charge in [0.1, 0.15) is 24.0 Å². The number of hydrogen-bond donors (Lipinski definition) is 0. The highest BCUT2D eigenvalue weighted by atomic mass is 19.1. The van der Waals surface area contributed by atoms with E-state index in [-0.39, 0.29) is 30.8 Å². The van der Waals surface area contributed by atoms with Crippen LogP contribution in [0, 0.1) is 24.0 Å². The van der Waals surface area contributed by atoms with Gasteiger partial charge in [-0.1, -0.05) is 5.92 Å². The van der Waals surface area contributed by atoms with Crippen molar-refractivity contribution in [1.29, 1.82) is 0 Å². The van der Waals surface area contributed by atoms with E-state index in [1.165, 1.54) is 0 Å². The summed E-state index contributed by atoms with van der Waals surface area (Å²) >= 11 is 0. The van der Waals surface area contributed by atoms with Crippen LogP contribution in [0.2, 0.25) is 0 Å². The molecule has 1 aliphatic heterocycles. The zero-order valence-corrected chi connectivity index (χ0v) is 15.4. The Bertz CT molecular complexity index is 722. The molecule has 1 fully saturated rings. The average Bonchev–Trinajstić information content (AvgIpc) is 2.78. The van der Waals surface area contributed by atoms with E-state index in [9.17, 15) is 8.78 Å². The van der Waals surface area contributed by atoms with Crippen molar-refractivity contribution in [2.75, 3.05) is 13.2 Å². The molecule has 1 saturated heterocycles. The van der Waals surface area contributed by atoms with Crippen LogP contribution < -0.4 is 0 Å². The summed E-state index contributed by atoms with van der Waals surface area (Å²) in [6.45, 7) is 7.19. The van der Waals surface area contributed by atoms with Gasteiger partial charge in [0.05, 0.1) is 17.8 Å². The fraction of sp³-hybridized carbons (Fsp3) is 0.474. The largest absolute Gasteiger partial charge is 0.525 e. The van der Waals surface area contributed by atoms with Crippen molar-refractivity contribution in [3.63, 3.8) is 0 Å². The van der Waals surface area contributed by atoms with Crippen LogP contribution in [0.3, 0.4) is 0 Å². The highest BCUT2D eigenvalue weighted by molar-refractivity contribution is 6.55. The maximum atomic E-state index is 15.2. The summed E-state index contributed by atoms with van der Waals surface area (Å²) in [7, 11) is -1.31. The maximum Gasteiger partial charge on any atom is 0.525 e. The van der Waals surface area contributed by atoms with E-state index in [2.05, 4.69) is 5.92 Å². The summed E-state index contributed by atoms with van der Waals surface area (Å²) < 4.78 is 59.6. The average molecular weight is 366 g/mol. The third-order valence-electron chi connectivity index (χ3n) is 4.68. The van der Waals surface area contributed by atoms with Crippen LogP contribution in [0.4, 0.5) is 13.2 Å². The van der Waals surface area contributed by atoms with Crippen molar-refractivity contribution >= 4 is 12.7 Å². The van der Waals surface area contributed by atoms with E-state index in [4.69, 9.17) is 20.5 Å². The lowest BCUT2D eigenvalue weighted by Crippen LogP contribution is -2.41. The minimum absolute atomic E-state index is 0.0159. The standard InChI is InChI=1S/C19H22BF3O3/c1-6-10-24-11-9-14(15-12-13(21)7-8-16(15)22)17(23)20-25-18(2,3)19(4,5)26-20/h1,7-8,12H,9-11H2,2-5H3. The Morgan fingerprint density at radius 1 is 1.19 bits per heavy atom. The van der Waals surface area contributed by atoms with Gasteiger partial charge in [-0.25, -0.2) is 13.2 Å². The van der Waals surface area contributed by atoms with Gasteiger partial charge in [-0.05, 0) is 57.9 Å². The van der Waals surface area contributed by atoms with Gasteiger partial charge < -0.3 is 14.0 Å². The molecule has 0 aliphatic carbocycles. The quantitative estimate of drug-likeness (QED) is 0.427. The van der Waals surface area contributed by atoms with E-state index < -0.39 is 35.7 Å². The molecule has 0 radical (unpaired) electrons. The number of benzene rings is 1. The van der Waals surface area contributed by atoms with Gasteiger partial charge >= 0.3 is 7.12 Å². The smallest absolute Gasteiger partial charge is 0.398 e. The molecule has 26 heavy (non-hydrogen) atoms. The zero-order valence-electron chi connectivity index (χ0n) is 15.4. The Morgan fingerprint density at radius 3 is 2.38 bits per heavy atom. The molecule has 7 heteroatoms. The van der Waals surface area contributed by atoms with Crippen LogP contribution in [-0.4, -0.2) is 31.5 Å². The lowest BCUT2D eigenvalue weighted by Gasteiger charge is -2.32. The second-order valence-corrected chi connectivity index (χ2v) is 7.05. The number of rotatable bonds is 6. The van der Waals surface area contributed by atoms with E-state index in [1.54, 1.807) is 27.7 Å². The molecule has 0 unspecified atom stereocenters. The van der Waals surface area contributed by atoms with Crippen LogP contribution in [0.1, 0.15) is 39.7 Å². The maximum absolute atomic E-state index is 15.2. The van der Waals surface area contributed by atoms with Gasteiger partial charge in [0.2, 0.25) is 0 Å². The zero-order chi connectivity index (χ0) is 19.5. The van der Waals surface area contributed by atoms with E-state index in [0.29, 0.717) is 0 Å². The molecule has 2 rings (SSSR count).